The lowest BCUT2D eigenvalue weighted by Gasteiger charge is -2.32. The van der Waals surface area contributed by atoms with Crippen LogP contribution < -0.4 is 9.62 Å². The Morgan fingerprint density at radius 2 is 1.85 bits per heavy atom. The Bertz CT molecular complexity index is 799. The molecule has 3 rings (SSSR count). The third kappa shape index (κ3) is 4.59. The number of aromatic nitrogens is 2. The first kappa shape index (κ1) is 18.8. The molecule has 1 aromatic carbocycles. The van der Waals surface area contributed by atoms with Crippen LogP contribution >= 0.6 is 0 Å². The zero-order chi connectivity index (χ0) is 18.6. The zero-order valence-electron chi connectivity index (χ0n) is 15.3. The van der Waals surface area contributed by atoms with E-state index in [4.69, 9.17) is 0 Å². The number of nitrogens with zero attached hydrogens (tertiary/aromatic N) is 3. The normalized spacial score (nSPS) is 16.2. The van der Waals surface area contributed by atoms with Gasteiger partial charge in [0.1, 0.15) is 5.82 Å². The van der Waals surface area contributed by atoms with Crippen LogP contribution in [-0.2, 0) is 10.0 Å². The molecule has 1 aliphatic rings. The van der Waals surface area contributed by atoms with Gasteiger partial charge in [0.05, 0.1) is 11.1 Å². The standard InChI is InChI=1S/C19H26N4O2S/c1-15(2)17-3-5-18(6-4-17)26(24,25)22-13-16-7-11-23(12-8-16)19-14-20-9-10-21-19/h3-6,9-10,14-16,22H,7-8,11-13H2,1-2H3. The molecule has 0 amide bonds. The minimum atomic E-state index is -3.45. The van der Waals surface area contributed by atoms with Crippen LogP contribution in [0.2, 0.25) is 0 Å². The van der Waals surface area contributed by atoms with Gasteiger partial charge in [0.2, 0.25) is 10.0 Å². The predicted octanol–water partition coefficient (Wildman–Crippen LogP) is 2.79. The number of sulfonamides is 1. The van der Waals surface area contributed by atoms with E-state index >= 15 is 0 Å². The second-order valence-corrected chi connectivity index (χ2v) is 8.84. The van der Waals surface area contributed by atoms with Gasteiger partial charge in [-0.2, -0.15) is 0 Å². The van der Waals surface area contributed by atoms with Crippen LogP contribution in [0.25, 0.3) is 0 Å². The second-order valence-electron chi connectivity index (χ2n) is 7.07. The van der Waals surface area contributed by atoms with Gasteiger partial charge < -0.3 is 4.90 Å². The maximum absolute atomic E-state index is 12.5. The largest absolute Gasteiger partial charge is 0.355 e. The number of rotatable bonds is 6. The number of benzene rings is 1. The van der Waals surface area contributed by atoms with Crippen molar-refractivity contribution in [2.24, 2.45) is 5.92 Å². The van der Waals surface area contributed by atoms with E-state index in [2.05, 4.69) is 33.4 Å². The summed E-state index contributed by atoms with van der Waals surface area (Å²) >= 11 is 0. The van der Waals surface area contributed by atoms with Gasteiger partial charge in [-0.15, -0.1) is 0 Å². The van der Waals surface area contributed by atoms with Crippen molar-refractivity contribution in [1.29, 1.82) is 0 Å². The highest BCUT2D eigenvalue weighted by molar-refractivity contribution is 7.89. The summed E-state index contributed by atoms with van der Waals surface area (Å²) in [7, 11) is -3.45. The van der Waals surface area contributed by atoms with Gasteiger partial charge in [0.15, 0.2) is 0 Å². The van der Waals surface area contributed by atoms with E-state index in [1.807, 2.05) is 12.1 Å². The molecular weight excluding hydrogens is 348 g/mol. The molecule has 0 saturated carbocycles. The van der Waals surface area contributed by atoms with E-state index in [0.29, 0.717) is 23.3 Å². The number of anilines is 1. The molecule has 0 spiro atoms. The molecule has 0 radical (unpaired) electrons. The minimum Gasteiger partial charge on any atom is -0.355 e. The molecule has 1 saturated heterocycles. The van der Waals surface area contributed by atoms with Crippen molar-refractivity contribution >= 4 is 15.8 Å². The van der Waals surface area contributed by atoms with E-state index in [-0.39, 0.29) is 0 Å². The molecule has 1 fully saturated rings. The van der Waals surface area contributed by atoms with Gasteiger partial charge in [-0.25, -0.2) is 18.1 Å². The highest BCUT2D eigenvalue weighted by atomic mass is 32.2. The molecule has 6 nitrogen and oxygen atoms in total. The Morgan fingerprint density at radius 3 is 2.42 bits per heavy atom. The average Bonchev–Trinajstić information content (AvgIpc) is 2.67. The van der Waals surface area contributed by atoms with Gasteiger partial charge in [0, 0.05) is 32.0 Å². The van der Waals surface area contributed by atoms with Crippen LogP contribution in [0.15, 0.2) is 47.8 Å². The second kappa shape index (κ2) is 8.14. The third-order valence-corrected chi connectivity index (χ3v) is 6.35. The molecule has 2 heterocycles. The molecule has 1 N–H and O–H groups in total. The van der Waals surface area contributed by atoms with E-state index in [0.717, 1.165) is 37.3 Å². The Kier molecular flexibility index (Phi) is 5.88. The van der Waals surface area contributed by atoms with Gasteiger partial charge in [-0.1, -0.05) is 26.0 Å². The topological polar surface area (TPSA) is 75.2 Å². The molecule has 1 aromatic heterocycles. The van der Waals surface area contributed by atoms with Crippen LogP contribution in [0, 0.1) is 5.92 Å². The summed E-state index contributed by atoms with van der Waals surface area (Å²) in [6, 6.07) is 7.15. The van der Waals surface area contributed by atoms with Crippen molar-refractivity contribution in [1.82, 2.24) is 14.7 Å². The van der Waals surface area contributed by atoms with Crippen molar-refractivity contribution in [3.05, 3.63) is 48.4 Å². The number of nitrogens with one attached hydrogen (secondary N) is 1. The molecule has 2 aromatic rings. The molecule has 1 aliphatic heterocycles. The van der Waals surface area contributed by atoms with E-state index in [1.165, 1.54) is 0 Å². The summed E-state index contributed by atoms with van der Waals surface area (Å²) in [4.78, 5) is 11.0. The predicted molar refractivity (Wildman–Crippen MR) is 103 cm³/mol. The molecule has 0 aliphatic carbocycles. The summed E-state index contributed by atoms with van der Waals surface area (Å²) in [5.41, 5.74) is 1.14. The third-order valence-electron chi connectivity index (χ3n) is 4.91. The maximum Gasteiger partial charge on any atom is 0.240 e. The van der Waals surface area contributed by atoms with Crippen LogP contribution in [0.1, 0.15) is 38.2 Å². The van der Waals surface area contributed by atoms with Crippen LogP contribution in [0.3, 0.4) is 0 Å². The lowest BCUT2D eigenvalue weighted by Crippen LogP contribution is -2.39. The molecular formula is C19H26N4O2S. The highest BCUT2D eigenvalue weighted by Gasteiger charge is 2.22. The van der Waals surface area contributed by atoms with E-state index in [1.54, 1.807) is 30.7 Å². The fraction of sp³-hybridized carbons (Fsp3) is 0.474. The fourth-order valence-electron chi connectivity index (χ4n) is 3.16. The summed E-state index contributed by atoms with van der Waals surface area (Å²) in [5, 5.41) is 0. The molecule has 0 unspecified atom stereocenters. The zero-order valence-corrected chi connectivity index (χ0v) is 16.1. The molecule has 7 heteroatoms. The van der Waals surface area contributed by atoms with Crippen molar-refractivity contribution in [3.8, 4) is 0 Å². The smallest absolute Gasteiger partial charge is 0.240 e. The van der Waals surface area contributed by atoms with E-state index < -0.39 is 10.0 Å². The number of hydrogen-bond acceptors (Lipinski definition) is 5. The summed E-state index contributed by atoms with van der Waals surface area (Å²) in [5.74, 6) is 1.61. The Hall–Kier alpha value is -1.99. The van der Waals surface area contributed by atoms with E-state index in [9.17, 15) is 8.42 Å². The molecule has 0 atom stereocenters. The first-order chi connectivity index (χ1) is 12.5. The Morgan fingerprint density at radius 1 is 1.15 bits per heavy atom. The van der Waals surface area contributed by atoms with Gasteiger partial charge in [0.25, 0.3) is 0 Å². The Labute approximate surface area is 155 Å². The molecule has 140 valence electrons. The summed E-state index contributed by atoms with van der Waals surface area (Å²) in [6.07, 6.45) is 7.00. The van der Waals surface area contributed by atoms with Gasteiger partial charge in [-0.05, 0) is 42.4 Å². The quantitative estimate of drug-likeness (QED) is 0.841. The average molecular weight is 375 g/mol. The van der Waals surface area contributed by atoms with Crippen molar-refractivity contribution in [3.63, 3.8) is 0 Å². The Balaban J connectivity index is 1.52. The van der Waals surface area contributed by atoms with Crippen LogP contribution in [0.4, 0.5) is 5.82 Å². The van der Waals surface area contributed by atoms with Crippen molar-refractivity contribution < 1.29 is 8.42 Å². The van der Waals surface area contributed by atoms with Gasteiger partial charge in [-0.3, -0.25) is 4.98 Å². The first-order valence-corrected chi connectivity index (χ1v) is 10.5. The van der Waals surface area contributed by atoms with Crippen LogP contribution in [0.5, 0.6) is 0 Å². The minimum absolute atomic E-state index is 0.332. The fourth-order valence-corrected chi connectivity index (χ4v) is 4.28. The number of hydrogen-bond donors (Lipinski definition) is 1. The SMILES string of the molecule is CC(C)c1ccc(S(=O)(=O)NCC2CCN(c3cnccn3)CC2)cc1. The summed E-state index contributed by atoms with van der Waals surface area (Å²) in [6.45, 7) is 6.40. The van der Waals surface area contributed by atoms with Crippen molar-refractivity contribution in [2.45, 2.75) is 37.5 Å². The lowest BCUT2D eigenvalue weighted by atomic mass is 9.97. The van der Waals surface area contributed by atoms with Gasteiger partial charge >= 0.3 is 0 Å². The lowest BCUT2D eigenvalue weighted by molar-refractivity contribution is 0.400. The molecule has 26 heavy (non-hydrogen) atoms. The van der Waals surface area contributed by atoms with Crippen LogP contribution in [-0.4, -0.2) is 38.0 Å². The van der Waals surface area contributed by atoms with Crippen molar-refractivity contribution in [2.75, 3.05) is 24.5 Å². The maximum atomic E-state index is 12.5. The first-order valence-electron chi connectivity index (χ1n) is 9.06. The summed E-state index contributed by atoms with van der Waals surface area (Å²) < 4.78 is 27.8. The monoisotopic (exact) mass is 374 g/mol. The molecule has 0 bridgehead atoms. The highest BCUT2D eigenvalue weighted by Crippen LogP contribution is 2.22. The number of piperidine rings is 1.